The van der Waals surface area contributed by atoms with Crippen LogP contribution in [-0.4, -0.2) is 32.3 Å². The van der Waals surface area contributed by atoms with Gasteiger partial charge in [-0.15, -0.1) is 0 Å². The summed E-state index contributed by atoms with van der Waals surface area (Å²) in [6, 6.07) is 4.77. The molecule has 0 aliphatic rings. The van der Waals surface area contributed by atoms with Gasteiger partial charge in [0.25, 0.3) is 15.9 Å². The van der Waals surface area contributed by atoms with E-state index in [1.807, 2.05) is 32.9 Å². The number of nitrogens with zero attached hydrogens (tertiary/aromatic N) is 1. The van der Waals surface area contributed by atoms with Gasteiger partial charge in [-0.1, -0.05) is 0 Å². The quantitative estimate of drug-likeness (QED) is 0.869. The number of carbonyl (C=O) groups is 1. The van der Waals surface area contributed by atoms with Gasteiger partial charge in [-0.05, 0) is 40.0 Å². The van der Waals surface area contributed by atoms with Crippen LogP contribution in [-0.2, 0) is 16.6 Å². The van der Waals surface area contributed by atoms with Gasteiger partial charge in [0.05, 0.1) is 12.1 Å². The largest absolute Gasteiger partial charge is 0.464 e. The van der Waals surface area contributed by atoms with Crippen molar-refractivity contribution in [3.8, 4) is 0 Å². The predicted molar refractivity (Wildman–Crippen MR) is 83.4 cm³/mol. The molecule has 0 saturated carbocycles. The first-order chi connectivity index (χ1) is 10.7. The summed E-state index contributed by atoms with van der Waals surface area (Å²) in [5, 5.41) is -0.291. The minimum Gasteiger partial charge on any atom is -0.464 e. The molecule has 126 valence electrons. The highest BCUT2D eigenvalue weighted by Gasteiger charge is 2.25. The van der Waals surface area contributed by atoms with Crippen LogP contribution in [0.1, 0.15) is 35.7 Å². The molecule has 2 rings (SSSR count). The molecule has 0 atom stereocenters. The van der Waals surface area contributed by atoms with Gasteiger partial charge in [0, 0.05) is 12.1 Å². The molecule has 0 aromatic carbocycles. The van der Waals surface area contributed by atoms with Crippen molar-refractivity contribution in [2.24, 2.45) is 0 Å². The molecule has 0 spiro atoms. The van der Waals surface area contributed by atoms with Crippen molar-refractivity contribution in [1.29, 1.82) is 0 Å². The van der Waals surface area contributed by atoms with Crippen molar-refractivity contribution in [3.05, 3.63) is 41.5 Å². The SMILES string of the molecule is CNS(=O)(=O)c1cc(C(=O)N(Cc2ccc(C)o2)C(C)C)co1. The van der Waals surface area contributed by atoms with Crippen LogP contribution in [0.4, 0.5) is 0 Å². The van der Waals surface area contributed by atoms with Crippen molar-refractivity contribution >= 4 is 15.9 Å². The topological polar surface area (TPSA) is 92.8 Å². The number of aryl methyl sites for hydroxylation is 1. The van der Waals surface area contributed by atoms with Crippen LogP contribution in [0.25, 0.3) is 0 Å². The van der Waals surface area contributed by atoms with Gasteiger partial charge in [0.2, 0.25) is 5.09 Å². The molecule has 1 amide bonds. The van der Waals surface area contributed by atoms with E-state index >= 15 is 0 Å². The Kier molecular flexibility index (Phi) is 4.96. The zero-order chi connectivity index (χ0) is 17.2. The maximum Gasteiger partial charge on any atom is 0.273 e. The summed E-state index contributed by atoms with van der Waals surface area (Å²) < 4.78 is 36.0. The van der Waals surface area contributed by atoms with Crippen LogP contribution in [0, 0.1) is 6.92 Å². The highest BCUT2D eigenvalue weighted by Crippen LogP contribution is 2.19. The summed E-state index contributed by atoms with van der Waals surface area (Å²) >= 11 is 0. The van der Waals surface area contributed by atoms with Crippen molar-refractivity contribution in [3.63, 3.8) is 0 Å². The molecule has 8 heteroatoms. The van der Waals surface area contributed by atoms with Gasteiger partial charge in [0.1, 0.15) is 17.8 Å². The number of sulfonamides is 1. The second-order valence-electron chi connectivity index (χ2n) is 5.40. The van der Waals surface area contributed by atoms with E-state index in [4.69, 9.17) is 8.83 Å². The van der Waals surface area contributed by atoms with E-state index < -0.39 is 10.0 Å². The van der Waals surface area contributed by atoms with Crippen LogP contribution in [0.3, 0.4) is 0 Å². The third-order valence-corrected chi connectivity index (χ3v) is 4.64. The lowest BCUT2D eigenvalue weighted by atomic mass is 10.2. The van der Waals surface area contributed by atoms with E-state index in [9.17, 15) is 13.2 Å². The predicted octanol–water partition coefficient (Wildman–Crippen LogP) is 2.14. The maximum atomic E-state index is 12.6. The minimum atomic E-state index is -3.72. The zero-order valence-corrected chi connectivity index (χ0v) is 14.3. The van der Waals surface area contributed by atoms with Gasteiger partial charge < -0.3 is 13.7 Å². The molecule has 2 aromatic rings. The molecule has 0 unspecified atom stereocenters. The average Bonchev–Trinajstić information content (AvgIpc) is 3.13. The fraction of sp³-hybridized carbons (Fsp3) is 0.400. The molecule has 23 heavy (non-hydrogen) atoms. The molecular formula is C15H20N2O5S. The fourth-order valence-corrected chi connectivity index (χ4v) is 2.72. The first-order valence-electron chi connectivity index (χ1n) is 7.13. The molecule has 0 radical (unpaired) electrons. The van der Waals surface area contributed by atoms with E-state index in [-0.39, 0.29) is 22.6 Å². The highest BCUT2D eigenvalue weighted by molar-refractivity contribution is 7.89. The van der Waals surface area contributed by atoms with Gasteiger partial charge >= 0.3 is 0 Å². The smallest absolute Gasteiger partial charge is 0.273 e. The molecule has 0 fully saturated rings. The number of amides is 1. The number of hydrogen-bond donors (Lipinski definition) is 1. The van der Waals surface area contributed by atoms with E-state index in [0.717, 1.165) is 12.0 Å². The molecule has 2 aromatic heterocycles. The van der Waals surface area contributed by atoms with Crippen molar-refractivity contribution in [2.75, 3.05) is 7.05 Å². The Hall–Kier alpha value is -2.06. The van der Waals surface area contributed by atoms with Crippen LogP contribution in [0.5, 0.6) is 0 Å². The molecular weight excluding hydrogens is 320 g/mol. The Morgan fingerprint density at radius 1 is 1.35 bits per heavy atom. The summed E-state index contributed by atoms with van der Waals surface area (Å²) in [5.41, 5.74) is 0.177. The van der Waals surface area contributed by atoms with Crippen LogP contribution in [0.15, 0.2) is 38.4 Å². The Bertz CT molecular complexity index is 788. The number of hydrogen-bond acceptors (Lipinski definition) is 5. The lowest BCUT2D eigenvalue weighted by molar-refractivity contribution is 0.0674. The van der Waals surface area contributed by atoms with Crippen LogP contribution >= 0.6 is 0 Å². The van der Waals surface area contributed by atoms with Crippen molar-refractivity contribution in [2.45, 2.75) is 38.5 Å². The number of furan rings is 2. The number of carbonyl (C=O) groups excluding carboxylic acids is 1. The van der Waals surface area contributed by atoms with E-state index in [1.165, 1.54) is 13.1 Å². The van der Waals surface area contributed by atoms with E-state index in [1.54, 1.807) is 4.90 Å². The molecule has 0 aliphatic heterocycles. The lowest BCUT2D eigenvalue weighted by Gasteiger charge is -2.25. The maximum absolute atomic E-state index is 12.6. The molecule has 1 N–H and O–H groups in total. The summed E-state index contributed by atoms with van der Waals surface area (Å²) in [5.74, 6) is 1.10. The Morgan fingerprint density at radius 2 is 2.04 bits per heavy atom. The van der Waals surface area contributed by atoms with Crippen LogP contribution in [0.2, 0.25) is 0 Å². The summed E-state index contributed by atoms with van der Waals surface area (Å²) in [4.78, 5) is 14.2. The third kappa shape index (κ3) is 3.83. The lowest BCUT2D eigenvalue weighted by Crippen LogP contribution is -2.36. The van der Waals surface area contributed by atoms with Crippen LogP contribution < -0.4 is 4.72 Å². The monoisotopic (exact) mass is 340 g/mol. The number of rotatable bonds is 6. The Morgan fingerprint density at radius 3 is 2.57 bits per heavy atom. The second-order valence-corrected chi connectivity index (χ2v) is 7.22. The Balaban J connectivity index is 2.25. The first-order valence-corrected chi connectivity index (χ1v) is 8.61. The van der Waals surface area contributed by atoms with Gasteiger partial charge in [0.15, 0.2) is 0 Å². The molecule has 2 heterocycles. The second kappa shape index (κ2) is 6.59. The molecule has 0 saturated heterocycles. The fourth-order valence-electron chi connectivity index (χ4n) is 2.06. The molecule has 7 nitrogen and oxygen atoms in total. The zero-order valence-electron chi connectivity index (χ0n) is 13.5. The van der Waals surface area contributed by atoms with Gasteiger partial charge in [-0.25, -0.2) is 13.1 Å². The van der Waals surface area contributed by atoms with E-state index in [2.05, 4.69) is 4.72 Å². The first kappa shape index (κ1) is 17.3. The molecule has 0 aliphatic carbocycles. The summed E-state index contributed by atoms with van der Waals surface area (Å²) in [6.45, 7) is 5.87. The minimum absolute atomic E-state index is 0.0906. The molecule has 0 bridgehead atoms. The van der Waals surface area contributed by atoms with Crippen molar-refractivity contribution in [1.82, 2.24) is 9.62 Å². The van der Waals surface area contributed by atoms with Crippen molar-refractivity contribution < 1.29 is 22.0 Å². The van der Waals surface area contributed by atoms with E-state index in [0.29, 0.717) is 12.3 Å². The normalized spacial score (nSPS) is 11.9. The average molecular weight is 340 g/mol. The third-order valence-electron chi connectivity index (χ3n) is 3.36. The standard InChI is InChI=1S/C15H20N2O5S/c1-10(2)17(8-13-6-5-11(3)22-13)15(18)12-7-14(21-9-12)23(19,20)16-4/h5-7,9-10,16H,8H2,1-4H3. The highest BCUT2D eigenvalue weighted by atomic mass is 32.2. The van der Waals surface area contributed by atoms with Gasteiger partial charge in [-0.2, -0.15) is 0 Å². The van der Waals surface area contributed by atoms with Gasteiger partial charge in [-0.3, -0.25) is 4.79 Å². The number of nitrogens with one attached hydrogen (secondary N) is 1. The Labute approximate surface area is 135 Å². The summed E-state index contributed by atoms with van der Waals surface area (Å²) in [7, 11) is -2.44. The summed E-state index contributed by atoms with van der Waals surface area (Å²) in [6.07, 6.45) is 1.15.